The molecule has 0 N–H and O–H groups in total. The topological polar surface area (TPSA) is 9.23 Å². The van der Waals surface area contributed by atoms with Crippen molar-refractivity contribution < 1.29 is 4.74 Å². The molecule has 0 aromatic heterocycles. The summed E-state index contributed by atoms with van der Waals surface area (Å²) < 4.78 is 5.87. The van der Waals surface area contributed by atoms with Crippen molar-refractivity contribution in [3.05, 3.63) is 70.8 Å². The van der Waals surface area contributed by atoms with Gasteiger partial charge in [-0.2, -0.15) is 0 Å². The summed E-state index contributed by atoms with van der Waals surface area (Å²) in [7, 11) is 0. The molecule has 0 amide bonds. The van der Waals surface area contributed by atoms with Gasteiger partial charge in [0.2, 0.25) is 0 Å². The summed E-state index contributed by atoms with van der Waals surface area (Å²) in [5.74, 6) is 1.02. The van der Waals surface area contributed by atoms with Gasteiger partial charge >= 0.3 is 0 Å². The lowest BCUT2D eigenvalue weighted by atomic mass is 10.0. The summed E-state index contributed by atoms with van der Waals surface area (Å²) in [6, 6.07) is 17.5. The van der Waals surface area contributed by atoms with E-state index >= 15 is 0 Å². The third-order valence-corrected chi connectivity index (χ3v) is 3.93. The molecule has 112 valence electrons. The summed E-state index contributed by atoms with van der Waals surface area (Å²) in [6.45, 7) is 10.2. The van der Waals surface area contributed by atoms with Gasteiger partial charge in [0.25, 0.3) is 0 Å². The fourth-order valence-corrected chi connectivity index (χ4v) is 2.34. The Bertz CT molecular complexity index is 537. The maximum atomic E-state index is 5.87. The second kappa shape index (κ2) is 7.42. The predicted octanol–water partition coefficient (Wildman–Crippen LogP) is 5.44. The van der Waals surface area contributed by atoms with E-state index in [0.29, 0.717) is 18.4 Å². The molecular formula is C20H26O. The van der Waals surface area contributed by atoms with E-state index in [1.54, 1.807) is 0 Å². The molecule has 21 heavy (non-hydrogen) atoms. The normalized spacial score (nSPS) is 12.6. The van der Waals surface area contributed by atoms with Crippen LogP contribution in [-0.2, 0) is 11.3 Å². The van der Waals surface area contributed by atoms with E-state index in [2.05, 4.69) is 76.2 Å². The number of benzene rings is 2. The first-order valence-corrected chi connectivity index (χ1v) is 7.79. The van der Waals surface area contributed by atoms with Gasteiger partial charge in [0.15, 0.2) is 0 Å². The van der Waals surface area contributed by atoms with Crippen LogP contribution in [0.2, 0.25) is 0 Å². The molecule has 2 aromatic carbocycles. The molecule has 1 nitrogen and oxygen atoms in total. The van der Waals surface area contributed by atoms with Gasteiger partial charge < -0.3 is 4.74 Å². The second-order valence-corrected chi connectivity index (χ2v) is 6.22. The van der Waals surface area contributed by atoms with E-state index < -0.39 is 0 Å². The van der Waals surface area contributed by atoms with E-state index in [-0.39, 0.29) is 0 Å². The highest BCUT2D eigenvalue weighted by atomic mass is 16.5. The standard InChI is InChI=1S/C20H26O/c1-15(2)19-11-7-18(8-12-19)14-21-13-17(4)20-9-5-16(3)6-10-20/h5-12,15,17H,13-14H2,1-4H3. The zero-order valence-corrected chi connectivity index (χ0v) is 13.6. The molecule has 0 radical (unpaired) electrons. The smallest absolute Gasteiger partial charge is 0.0717 e. The van der Waals surface area contributed by atoms with Gasteiger partial charge in [0.1, 0.15) is 0 Å². The molecule has 2 aromatic rings. The molecular weight excluding hydrogens is 256 g/mol. The van der Waals surface area contributed by atoms with Crippen LogP contribution in [0.4, 0.5) is 0 Å². The fourth-order valence-electron chi connectivity index (χ4n) is 2.34. The second-order valence-electron chi connectivity index (χ2n) is 6.22. The van der Waals surface area contributed by atoms with Gasteiger partial charge in [-0.1, -0.05) is 74.9 Å². The van der Waals surface area contributed by atoms with Crippen molar-refractivity contribution >= 4 is 0 Å². The van der Waals surface area contributed by atoms with Crippen molar-refractivity contribution in [2.45, 2.75) is 46.1 Å². The van der Waals surface area contributed by atoms with Crippen LogP contribution < -0.4 is 0 Å². The molecule has 1 unspecified atom stereocenters. The Hall–Kier alpha value is -1.60. The summed E-state index contributed by atoms with van der Waals surface area (Å²) in [6.07, 6.45) is 0. The largest absolute Gasteiger partial charge is 0.376 e. The molecule has 0 aliphatic rings. The minimum absolute atomic E-state index is 0.431. The van der Waals surface area contributed by atoms with Crippen molar-refractivity contribution in [2.75, 3.05) is 6.61 Å². The first-order chi connectivity index (χ1) is 10.1. The van der Waals surface area contributed by atoms with Gasteiger partial charge in [0, 0.05) is 5.92 Å². The molecule has 0 bridgehead atoms. The third kappa shape index (κ3) is 4.71. The van der Waals surface area contributed by atoms with Crippen molar-refractivity contribution in [3.8, 4) is 0 Å². The van der Waals surface area contributed by atoms with Gasteiger partial charge in [-0.3, -0.25) is 0 Å². The minimum atomic E-state index is 0.431. The quantitative estimate of drug-likeness (QED) is 0.685. The van der Waals surface area contributed by atoms with Crippen molar-refractivity contribution in [1.29, 1.82) is 0 Å². The maximum Gasteiger partial charge on any atom is 0.0717 e. The monoisotopic (exact) mass is 282 g/mol. The van der Waals surface area contributed by atoms with Crippen LogP contribution in [0.5, 0.6) is 0 Å². The third-order valence-electron chi connectivity index (χ3n) is 3.93. The first-order valence-electron chi connectivity index (χ1n) is 7.79. The Labute approximate surface area is 129 Å². The molecule has 2 rings (SSSR count). The zero-order chi connectivity index (χ0) is 15.2. The van der Waals surface area contributed by atoms with Gasteiger partial charge in [-0.15, -0.1) is 0 Å². The fraction of sp³-hybridized carbons (Fsp3) is 0.400. The molecule has 0 spiro atoms. The Morgan fingerprint density at radius 2 is 1.38 bits per heavy atom. The number of hydrogen-bond acceptors (Lipinski definition) is 1. The average Bonchev–Trinajstić information content (AvgIpc) is 2.48. The van der Waals surface area contributed by atoms with Crippen LogP contribution in [0, 0.1) is 6.92 Å². The van der Waals surface area contributed by atoms with Crippen molar-refractivity contribution in [1.82, 2.24) is 0 Å². The van der Waals surface area contributed by atoms with E-state index in [4.69, 9.17) is 4.74 Å². The van der Waals surface area contributed by atoms with Crippen LogP contribution in [-0.4, -0.2) is 6.61 Å². The molecule has 0 aliphatic carbocycles. The number of ether oxygens (including phenoxy) is 1. The van der Waals surface area contributed by atoms with Gasteiger partial charge in [0.05, 0.1) is 13.2 Å². The summed E-state index contributed by atoms with van der Waals surface area (Å²) in [5.41, 5.74) is 5.27. The van der Waals surface area contributed by atoms with Gasteiger partial charge in [-0.05, 0) is 29.5 Å². The summed E-state index contributed by atoms with van der Waals surface area (Å²) >= 11 is 0. The zero-order valence-electron chi connectivity index (χ0n) is 13.6. The summed E-state index contributed by atoms with van der Waals surface area (Å²) in [4.78, 5) is 0. The number of hydrogen-bond donors (Lipinski definition) is 0. The minimum Gasteiger partial charge on any atom is -0.376 e. The van der Waals surface area contributed by atoms with E-state index in [0.717, 1.165) is 6.61 Å². The highest BCUT2D eigenvalue weighted by molar-refractivity contribution is 5.25. The van der Waals surface area contributed by atoms with Crippen LogP contribution in [0.1, 0.15) is 54.9 Å². The summed E-state index contributed by atoms with van der Waals surface area (Å²) in [5, 5.41) is 0. The molecule has 0 fully saturated rings. The van der Waals surface area contributed by atoms with Gasteiger partial charge in [-0.25, -0.2) is 0 Å². The number of rotatable bonds is 6. The lowest BCUT2D eigenvalue weighted by molar-refractivity contribution is 0.110. The van der Waals surface area contributed by atoms with Crippen molar-refractivity contribution in [3.63, 3.8) is 0 Å². The average molecular weight is 282 g/mol. The Morgan fingerprint density at radius 3 is 1.95 bits per heavy atom. The Kier molecular flexibility index (Phi) is 5.58. The van der Waals surface area contributed by atoms with Crippen LogP contribution in [0.3, 0.4) is 0 Å². The maximum absolute atomic E-state index is 5.87. The van der Waals surface area contributed by atoms with E-state index in [1.165, 1.54) is 22.3 Å². The van der Waals surface area contributed by atoms with Crippen molar-refractivity contribution in [2.24, 2.45) is 0 Å². The lowest BCUT2D eigenvalue weighted by Gasteiger charge is -2.13. The van der Waals surface area contributed by atoms with Crippen LogP contribution in [0.25, 0.3) is 0 Å². The predicted molar refractivity (Wildman–Crippen MR) is 89.8 cm³/mol. The first kappa shape index (κ1) is 15.8. The molecule has 0 saturated heterocycles. The van der Waals surface area contributed by atoms with E-state index in [9.17, 15) is 0 Å². The highest BCUT2D eigenvalue weighted by Crippen LogP contribution is 2.18. The lowest BCUT2D eigenvalue weighted by Crippen LogP contribution is -2.04. The Morgan fingerprint density at radius 1 is 0.810 bits per heavy atom. The molecule has 1 atom stereocenters. The molecule has 0 saturated carbocycles. The Balaban J connectivity index is 1.82. The number of aryl methyl sites for hydroxylation is 1. The molecule has 0 heterocycles. The van der Waals surface area contributed by atoms with E-state index in [1.807, 2.05) is 0 Å². The van der Waals surface area contributed by atoms with Crippen LogP contribution >= 0.6 is 0 Å². The van der Waals surface area contributed by atoms with Crippen LogP contribution in [0.15, 0.2) is 48.5 Å². The molecule has 0 aliphatic heterocycles. The highest BCUT2D eigenvalue weighted by Gasteiger charge is 2.06. The SMILES string of the molecule is Cc1ccc(C(C)COCc2ccc(C(C)C)cc2)cc1. The molecule has 1 heteroatoms.